The Kier molecular flexibility index (Phi) is 15.6. The van der Waals surface area contributed by atoms with Gasteiger partial charge in [-0.05, 0) is 392 Å². The molecule has 0 spiro atoms. The lowest BCUT2D eigenvalue weighted by atomic mass is 9.82. The molecular formula is C132H88N8. The first-order valence-electron chi connectivity index (χ1n) is 50.3. The van der Waals surface area contributed by atoms with E-state index in [0.29, 0.717) is 0 Å². The molecule has 0 saturated carbocycles. The molecule has 4 aromatic heterocycles. The molecule has 0 bridgehead atoms. The molecule has 0 atom stereocenters. The van der Waals surface area contributed by atoms with Crippen LogP contribution in [0.4, 0.5) is 68.4 Å². The van der Waals surface area contributed by atoms with Crippen molar-refractivity contribution in [1.82, 2.24) is 19.9 Å². The Morgan fingerprint density at radius 3 is 0.857 bits per heavy atom. The van der Waals surface area contributed by atoms with Crippen LogP contribution >= 0.6 is 0 Å². The Balaban J connectivity index is 0.0000000829. The fraction of sp³-hybridized carbons (Fsp3) is 0.121. The molecule has 16 aliphatic rings. The average molecular weight is 1790 g/mol. The third kappa shape index (κ3) is 10.8. The number of hydrogen-bond acceptors (Lipinski definition) is 8. The Morgan fingerprint density at radius 2 is 0.443 bits per heavy atom. The molecule has 0 radical (unpaired) electrons. The van der Waals surface area contributed by atoms with Crippen molar-refractivity contribution in [3.8, 4) is 89.0 Å². The van der Waals surface area contributed by atoms with Crippen LogP contribution in [0.5, 0.6) is 0 Å². The van der Waals surface area contributed by atoms with Crippen LogP contribution in [0.2, 0.25) is 0 Å². The number of anilines is 12. The van der Waals surface area contributed by atoms with Crippen molar-refractivity contribution in [2.45, 2.75) is 103 Å². The first-order chi connectivity index (χ1) is 69.3. The van der Waals surface area contributed by atoms with E-state index in [2.05, 4.69) is 345 Å². The molecule has 12 heterocycles. The minimum absolute atomic E-state index is 0.896. The molecule has 0 fully saturated rings. The van der Waals surface area contributed by atoms with Crippen LogP contribution in [0.3, 0.4) is 0 Å². The van der Waals surface area contributed by atoms with Gasteiger partial charge in [-0.3, -0.25) is 19.9 Å². The van der Waals surface area contributed by atoms with Crippen LogP contribution in [-0.2, 0) is 103 Å². The molecule has 8 aliphatic carbocycles. The maximum absolute atomic E-state index is 4.94. The van der Waals surface area contributed by atoms with Crippen molar-refractivity contribution in [3.05, 3.63) is 519 Å². The van der Waals surface area contributed by atoms with Crippen LogP contribution in [0.25, 0.3) is 89.0 Å². The second-order valence-electron chi connectivity index (χ2n) is 41.5. The Bertz CT molecular complexity index is 8090. The van der Waals surface area contributed by atoms with Gasteiger partial charge in [0.2, 0.25) is 0 Å². The monoisotopic (exact) mass is 1780 g/mol. The van der Waals surface area contributed by atoms with Gasteiger partial charge in [0, 0.05) is 82.4 Å². The van der Waals surface area contributed by atoms with Crippen LogP contribution in [0.1, 0.15) is 178 Å². The summed E-state index contributed by atoms with van der Waals surface area (Å²) in [4.78, 5) is 29.0. The molecule has 36 rings (SSSR count). The highest BCUT2D eigenvalue weighted by Crippen LogP contribution is 2.63. The molecular weight excluding hydrogens is 1700 g/mol. The standard InChI is InChI=1S/4C33H22N2/c1-3-9-25-19(6-1)12-22-14-23-16-30-29-15-20-7-2-4-10-26(20)28(29)17-24-13-21-8-5-11-34-33(21)35(32(24)30)31(23)18-27(22)25;1-3-8-24-19(6-1)12-21-13-22-15-29-28-14-20-7-2-4-9-25(20)27(28)16-23-17-30-31(10-5-11-34-30)35(33(23)29)32(22)18-26(21)24;1-3-7-25-19(5-1)11-21-12-22-15-30-29-14-20-6-2-4-8-26(20)28(29)16-23-13-24-18-34-10-9-31(24)35(33(23)30)32(22)17-27(21)25;1-3-7-25-19(5-1)11-22-13-23-15-30-29-14-20-6-2-4-8-26(20)28(29)16-24-12-21-9-10-34-18-32(21)35(33(24)30)31(23)17-27(22)25/h1-11,14,17-18H,12-13,15-16H2;1-11,13,16,18H,12,14-15,17H2;1-10,12,16-18H,11,13-15H2;1-10,13,16-18H,11-12,14-15H2. The van der Waals surface area contributed by atoms with Gasteiger partial charge in [0.1, 0.15) is 5.82 Å². The van der Waals surface area contributed by atoms with E-state index >= 15 is 0 Å². The summed E-state index contributed by atoms with van der Waals surface area (Å²) < 4.78 is 0. The zero-order valence-corrected chi connectivity index (χ0v) is 77.2. The number of aromatic nitrogens is 4. The van der Waals surface area contributed by atoms with Gasteiger partial charge in [-0.25, -0.2) is 4.98 Å². The number of benzene rings is 16. The molecule has 8 nitrogen and oxygen atoms in total. The number of rotatable bonds is 0. The number of fused-ring (bicyclic) bond motifs is 44. The van der Waals surface area contributed by atoms with E-state index in [1.165, 1.54) is 330 Å². The van der Waals surface area contributed by atoms with Crippen LogP contribution in [0.15, 0.2) is 340 Å². The molecule has 0 saturated heterocycles. The molecule has 8 aliphatic heterocycles. The Hall–Kier alpha value is -16.7. The molecule has 656 valence electrons. The van der Waals surface area contributed by atoms with Crippen LogP contribution < -0.4 is 19.6 Å². The first kappa shape index (κ1) is 76.5. The smallest absolute Gasteiger partial charge is 0.141 e. The van der Waals surface area contributed by atoms with Crippen LogP contribution in [0, 0.1) is 0 Å². The van der Waals surface area contributed by atoms with Crippen molar-refractivity contribution in [3.63, 3.8) is 0 Å². The SMILES string of the molecule is c1ccc2c(c1)Cc1cc3c(cc1-2)N1c2cccnc2Cc2cc4c(c(c21)C3)Cc1ccccc1-4.c1ccc2c(c1)Cc1cc3c(cc1-2)N1c2ccncc2Cc2cc4c(c(c21)C3)Cc1ccccc1-4.c1ccc2c(c1)Cc1cc3c(cc1-2)N1c2cnccc2Cc2cc4c(c(c21)C3)Cc1ccccc1-4.c1ccc2c(c1)Cc1cc3c(cc1-2)N1c2ncccc2Cc2cc4c(c(c21)C3)Cc1ccccc1-4. The van der Waals surface area contributed by atoms with Gasteiger partial charge in [-0.1, -0.05) is 224 Å². The maximum atomic E-state index is 4.94. The van der Waals surface area contributed by atoms with Gasteiger partial charge < -0.3 is 14.7 Å². The average Bonchev–Trinajstić information content (AvgIpc) is 1.12. The lowest BCUT2D eigenvalue weighted by molar-refractivity contribution is 0.959. The summed E-state index contributed by atoms with van der Waals surface area (Å²) >= 11 is 0. The molecule has 0 unspecified atom stereocenters. The highest BCUT2D eigenvalue weighted by atomic mass is 15.2. The van der Waals surface area contributed by atoms with Crippen molar-refractivity contribution in [1.29, 1.82) is 0 Å². The number of hydrogen-bond donors (Lipinski definition) is 0. The second-order valence-corrected chi connectivity index (χ2v) is 41.5. The fourth-order valence-corrected chi connectivity index (χ4v) is 28.4. The minimum atomic E-state index is 0.896. The lowest BCUT2D eigenvalue weighted by Gasteiger charge is -2.40. The molecule has 16 aromatic carbocycles. The second kappa shape index (κ2) is 28.5. The summed E-state index contributed by atoms with van der Waals surface area (Å²) in [6, 6.07) is 114. The van der Waals surface area contributed by atoms with Gasteiger partial charge in [-0.2, -0.15) is 0 Å². The summed E-state index contributed by atoms with van der Waals surface area (Å²) in [5, 5.41) is 0. The van der Waals surface area contributed by atoms with Gasteiger partial charge in [0.05, 0.1) is 74.5 Å². The third-order valence-corrected chi connectivity index (χ3v) is 34.3. The highest BCUT2D eigenvalue weighted by Gasteiger charge is 2.45. The summed E-state index contributed by atoms with van der Waals surface area (Å²) in [6.45, 7) is 0. The van der Waals surface area contributed by atoms with Crippen LogP contribution in [-0.4, -0.2) is 19.9 Å². The predicted molar refractivity (Wildman–Crippen MR) is 564 cm³/mol. The van der Waals surface area contributed by atoms with E-state index in [9.17, 15) is 0 Å². The predicted octanol–water partition coefficient (Wildman–Crippen LogP) is 30.0. The van der Waals surface area contributed by atoms with Crippen molar-refractivity contribution < 1.29 is 0 Å². The first-order valence-corrected chi connectivity index (χ1v) is 50.3. The van der Waals surface area contributed by atoms with E-state index in [1.807, 2.05) is 24.8 Å². The summed E-state index contributed by atoms with van der Waals surface area (Å²) in [7, 11) is 0. The Morgan fingerprint density at radius 1 is 0.150 bits per heavy atom. The zero-order chi connectivity index (χ0) is 90.7. The molecule has 20 aromatic rings. The highest BCUT2D eigenvalue weighted by molar-refractivity contribution is 6.03. The van der Waals surface area contributed by atoms with Gasteiger partial charge in [0.25, 0.3) is 0 Å². The zero-order valence-electron chi connectivity index (χ0n) is 77.2. The third-order valence-electron chi connectivity index (χ3n) is 34.3. The summed E-state index contributed by atoms with van der Waals surface area (Å²) in [6.07, 6.45) is 28.0. The lowest BCUT2D eigenvalue weighted by Crippen LogP contribution is -2.26. The normalized spacial score (nSPS) is 14.9. The molecule has 8 heteroatoms. The molecule has 0 N–H and O–H groups in total. The van der Waals surface area contributed by atoms with Gasteiger partial charge in [-0.15, -0.1) is 0 Å². The van der Waals surface area contributed by atoms with E-state index < -0.39 is 0 Å². The van der Waals surface area contributed by atoms with Crippen molar-refractivity contribution in [2.75, 3.05) is 19.6 Å². The van der Waals surface area contributed by atoms with Gasteiger partial charge >= 0.3 is 0 Å². The fourth-order valence-electron chi connectivity index (χ4n) is 28.4. The summed E-state index contributed by atoms with van der Waals surface area (Å²) in [5.74, 6) is 1.10. The molecule has 0 amide bonds. The number of pyridine rings is 4. The largest absolute Gasteiger partial charge is 0.309 e. The van der Waals surface area contributed by atoms with E-state index in [4.69, 9.17) is 9.97 Å². The van der Waals surface area contributed by atoms with Crippen molar-refractivity contribution >= 4 is 68.4 Å². The minimum Gasteiger partial charge on any atom is -0.309 e. The van der Waals surface area contributed by atoms with E-state index in [0.717, 1.165) is 109 Å². The quantitative estimate of drug-likeness (QED) is 0.149. The summed E-state index contributed by atoms with van der Waals surface area (Å²) in [5.41, 5.74) is 83.6. The van der Waals surface area contributed by atoms with E-state index in [-0.39, 0.29) is 0 Å². The molecule has 140 heavy (non-hydrogen) atoms. The Labute approximate surface area is 812 Å². The maximum Gasteiger partial charge on any atom is 0.141 e. The number of nitrogens with zero attached hydrogens (tertiary/aromatic N) is 8. The van der Waals surface area contributed by atoms with Crippen molar-refractivity contribution in [2.24, 2.45) is 0 Å². The van der Waals surface area contributed by atoms with E-state index in [1.54, 1.807) is 0 Å². The van der Waals surface area contributed by atoms with Gasteiger partial charge in [0.15, 0.2) is 0 Å². The topological polar surface area (TPSA) is 64.5 Å².